The molecule has 0 amide bonds. The second-order valence-electron chi connectivity index (χ2n) is 4.59. The summed E-state index contributed by atoms with van der Waals surface area (Å²) in [6.07, 6.45) is 5.18. The van der Waals surface area contributed by atoms with Crippen molar-refractivity contribution in [1.82, 2.24) is 0 Å². The van der Waals surface area contributed by atoms with Gasteiger partial charge in [0.25, 0.3) is 0 Å². The fraction of sp³-hybridized carbons (Fsp3) is 0.571. The fourth-order valence-corrected chi connectivity index (χ4v) is 2.33. The Labute approximate surface area is 102 Å². The Kier molecular flexibility index (Phi) is 4.26. The number of rotatable bonds is 5. The van der Waals surface area contributed by atoms with E-state index >= 15 is 0 Å². The van der Waals surface area contributed by atoms with Gasteiger partial charge in [-0.1, -0.05) is 12.8 Å². The second-order valence-corrected chi connectivity index (χ2v) is 4.59. The molecule has 0 aromatic heterocycles. The Hall–Kier alpha value is -1.22. The summed E-state index contributed by atoms with van der Waals surface area (Å²) in [7, 11) is 1.62. The average Bonchev–Trinajstić information content (AvgIpc) is 2.89. The lowest BCUT2D eigenvalue weighted by Crippen LogP contribution is -2.09. The lowest BCUT2D eigenvalue weighted by Gasteiger charge is -2.14. The number of aliphatic hydroxyl groups excluding tert-OH is 1. The summed E-state index contributed by atoms with van der Waals surface area (Å²) >= 11 is 0. The van der Waals surface area contributed by atoms with Crippen LogP contribution < -0.4 is 9.47 Å². The lowest BCUT2D eigenvalue weighted by molar-refractivity contribution is 0.234. The summed E-state index contributed by atoms with van der Waals surface area (Å²) in [6.45, 7) is 0.747. The number of aliphatic hydroxyl groups is 1. The van der Waals surface area contributed by atoms with Crippen LogP contribution in [0.15, 0.2) is 18.2 Å². The van der Waals surface area contributed by atoms with Crippen molar-refractivity contribution in [2.45, 2.75) is 32.3 Å². The van der Waals surface area contributed by atoms with E-state index in [0.717, 1.165) is 23.7 Å². The Morgan fingerprint density at radius 1 is 1.29 bits per heavy atom. The topological polar surface area (TPSA) is 38.7 Å². The molecule has 1 saturated carbocycles. The third-order valence-corrected chi connectivity index (χ3v) is 3.39. The molecule has 0 saturated heterocycles. The van der Waals surface area contributed by atoms with Crippen molar-refractivity contribution in [2.75, 3.05) is 13.7 Å². The van der Waals surface area contributed by atoms with Crippen LogP contribution >= 0.6 is 0 Å². The van der Waals surface area contributed by atoms with Crippen LogP contribution in [0.5, 0.6) is 11.5 Å². The molecule has 0 atom stereocenters. The van der Waals surface area contributed by atoms with Crippen LogP contribution in [0.2, 0.25) is 0 Å². The first-order valence-electron chi connectivity index (χ1n) is 6.24. The standard InChI is InChI=1S/C14H20O3/c1-16-13-6-7-14(12(8-13)9-15)17-10-11-4-2-3-5-11/h6-8,11,15H,2-5,9-10H2,1H3. The maximum atomic E-state index is 9.29. The summed E-state index contributed by atoms with van der Waals surface area (Å²) in [5.41, 5.74) is 0.794. The Bertz CT molecular complexity index is 356. The summed E-state index contributed by atoms with van der Waals surface area (Å²) in [5, 5.41) is 9.29. The highest BCUT2D eigenvalue weighted by atomic mass is 16.5. The molecule has 1 aliphatic carbocycles. The highest BCUT2D eigenvalue weighted by Gasteiger charge is 2.16. The number of methoxy groups -OCH3 is 1. The van der Waals surface area contributed by atoms with Crippen molar-refractivity contribution in [3.05, 3.63) is 23.8 Å². The van der Waals surface area contributed by atoms with E-state index in [1.165, 1.54) is 25.7 Å². The van der Waals surface area contributed by atoms with E-state index in [2.05, 4.69) is 0 Å². The van der Waals surface area contributed by atoms with E-state index in [9.17, 15) is 5.11 Å². The summed E-state index contributed by atoms with van der Waals surface area (Å²) in [6, 6.07) is 5.56. The predicted octanol–water partition coefficient (Wildman–Crippen LogP) is 2.76. The van der Waals surface area contributed by atoms with Gasteiger partial charge in [0, 0.05) is 5.56 Å². The molecule has 0 spiro atoms. The maximum absolute atomic E-state index is 9.29. The molecule has 1 aromatic rings. The van der Waals surface area contributed by atoms with E-state index in [1.54, 1.807) is 7.11 Å². The first-order valence-corrected chi connectivity index (χ1v) is 6.24. The molecule has 3 heteroatoms. The molecule has 3 nitrogen and oxygen atoms in total. The van der Waals surface area contributed by atoms with Crippen molar-refractivity contribution in [1.29, 1.82) is 0 Å². The zero-order valence-electron chi connectivity index (χ0n) is 10.3. The lowest BCUT2D eigenvalue weighted by atomic mass is 10.1. The van der Waals surface area contributed by atoms with Gasteiger partial charge < -0.3 is 14.6 Å². The number of hydrogen-bond acceptors (Lipinski definition) is 3. The molecular formula is C14H20O3. The van der Waals surface area contributed by atoms with Crippen LogP contribution in [-0.2, 0) is 6.61 Å². The van der Waals surface area contributed by atoms with Gasteiger partial charge in [0.15, 0.2) is 0 Å². The van der Waals surface area contributed by atoms with E-state index in [1.807, 2.05) is 18.2 Å². The molecule has 0 heterocycles. The van der Waals surface area contributed by atoms with Crippen LogP contribution in [0.25, 0.3) is 0 Å². The molecule has 1 aromatic carbocycles. The molecule has 1 aliphatic rings. The molecule has 94 valence electrons. The molecule has 0 radical (unpaired) electrons. The maximum Gasteiger partial charge on any atom is 0.125 e. The average molecular weight is 236 g/mol. The third kappa shape index (κ3) is 3.13. The van der Waals surface area contributed by atoms with Crippen LogP contribution in [-0.4, -0.2) is 18.8 Å². The largest absolute Gasteiger partial charge is 0.497 e. The van der Waals surface area contributed by atoms with Crippen LogP contribution in [0.4, 0.5) is 0 Å². The minimum Gasteiger partial charge on any atom is -0.497 e. The third-order valence-electron chi connectivity index (χ3n) is 3.39. The predicted molar refractivity (Wildman–Crippen MR) is 66.4 cm³/mol. The molecule has 0 unspecified atom stereocenters. The zero-order valence-corrected chi connectivity index (χ0v) is 10.3. The Morgan fingerprint density at radius 2 is 2.06 bits per heavy atom. The van der Waals surface area contributed by atoms with Gasteiger partial charge >= 0.3 is 0 Å². The van der Waals surface area contributed by atoms with Gasteiger partial charge in [-0.2, -0.15) is 0 Å². The quantitative estimate of drug-likeness (QED) is 0.854. The number of benzene rings is 1. The molecular weight excluding hydrogens is 216 g/mol. The van der Waals surface area contributed by atoms with Crippen LogP contribution in [0.3, 0.4) is 0 Å². The van der Waals surface area contributed by atoms with E-state index in [-0.39, 0.29) is 6.61 Å². The van der Waals surface area contributed by atoms with Gasteiger partial charge in [-0.15, -0.1) is 0 Å². The highest BCUT2D eigenvalue weighted by Crippen LogP contribution is 2.28. The van der Waals surface area contributed by atoms with Gasteiger partial charge in [0.2, 0.25) is 0 Å². The van der Waals surface area contributed by atoms with E-state index < -0.39 is 0 Å². The molecule has 0 bridgehead atoms. The monoisotopic (exact) mass is 236 g/mol. The minimum absolute atomic E-state index is 0.0167. The Morgan fingerprint density at radius 3 is 2.71 bits per heavy atom. The van der Waals surface area contributed by atoms with Gasteiger partial charge in [-0.25, -0.2) is 0 Å². The van der Waals surface area contributed by atoms with Gasteiger partial charge in [-0.3, -0.25) is 0 Å². The molecule has 1 N–H and O–H groups in total. The molecule has 17 heavy (non-hydrogen) atoms. The molecule has 2 rings (SSSR count). The SMILES string of the molecule is COc1ccc(OCC2CCCC2)c(CO)c1. The van der Waals surface area contributed by atoms with E-state index in [4.69, 9.17) is 9.47 Å². The smallest absolute Gasteiger partial charge is 0.125 e. The summed E-state index contributed by atoms with van der Waals surface area (Å²) in [5.74, 6) is 2.21. The Balaban J connectivity index is 1.98. The van der Waals surface area contributed by atoms with Gasteiger partial charge in [-0.05, 0) is 37.0 Å². The fourth-order valence-electron chi connectivity index (χ4n) is 2.33. The first kappa shape index (κ1) is 12.2. The van der Waals surface area contributed by atoms with Crippen molar-refractivity contribution >= 4 is 0 Å². The van der Waals surface area contributed by atoms with Crippen LogP contribution in [0.1, 0.15) is 31.2 Å². The van der Waals surface area contributed by atoms with Gasteiger partial charge in [0.05, 0.1) is 20.3 Å². The van der Waals surface area contributed by atoms with Gasteiger partial charge in [0.1, 0.15) is 11.5 Å². The van der Waals surface area contributed by atoms with Crippen LogP contribution in [0, 0.1) is 5.92 Å². The number of hydrogen-bond donors (Lipinski definition) is 1. The van der Waals surface area contributed by atoms with Crippen molar-refractivity contribution < 1.29 is 14.6 Å². The minimum atomic E-state index is -0.0167. The molecule has 1 fully saturated rings. The summed E-state index contributed by atoms with van der Waals surface area (Å²) in [4.78, 5) is 0. The normalized spacial score (nSPS) is 16.1. The zero-order chi connectivity index (χ0) is 12.1. The van der Waals surface area contributed by atoms with Crippen molar-refractivity contribution in [3.8, 4) is 11.5 Å². The summed E-state index contributed by atoms with van der Waals surface area (Å²) < 4.78 is 10.9. The number of ether oxygens (including phenoxy) is 2. The highest BCUT2D eigenvalue weighted by molar-refractivity contribution is 5.39. The molecule has 0 aliphatic heterocycles. The second kappa shape index (κ2) is 5.92. The van der Waals surface area contributed by atoms with E-state index in [0.29, 0.717) is 5.92 Å². The van der Waals surface area contributed by atoms with Crippen molar-refractivity contribution in [2.24, 2.45) is 5.92 Å². The first-order chi connectivity index (χ1) is 8.33. The van der Waals surface area contributed by atoms with Crippen molar-refractivity contribution in [3.63, 3.8) is 0 Å².